The first-order valence-electron chi connectivity index (χ1n) is 12.2. The molecule has 1 unspecified atom stereocenters. The molecular formula is C27H33N3O7. The third kappa shape index (κ3) is 3.78. The SMILES string of the molecule is C=CCNCc1cc(CC)c2c(c1O)C(O)=C1C(=O)[C@]3(O)C(O)=C(C(N)=O)C(=O)C(N(C)C)[C@@H]3C[C@@H]1C2. The summed E-state index contributed by atoms with van der Waals surface area (Å²) in [5.41, 5.74) is 3.96. The van der Waals surface area contributed by atoms with E-state index in [1.54, 1.807) is 20.2 Å². The van der Waals surface area contributed by atoms with Crippen LogP contribution in [0.3, 0.4) is 0 Å². The number of aliphatic hydroxyl groups is 3. The van der Waals surface area contributed by atoms with Crippen molar-refractivity contribution in [1.29, 1.82) is 0 Å². The molecule has 7 N–H and O–H groups in total. The summed E-state index contributed by atoms with van der Waals surface area (Å²) in [6.07, 6.45) is 2.64. The van der Waals surface area contributed by atoms with Crippen LogP contribution in [-0.2, 0) is 33.8 Å². The molecule has 1 saturated carbocycles. The fourth-order valence-corrected chi connectivity index (χ4v) is 6.21. The average molecular weight is 512 g/mol. The summed E-state index contributed by atoms with van der Waals surface area (Å²) in [5, 5.41) is 48.2. The maximum Gasteiger partial charge on any atom is 0.255 e. The molecule has 10 heteroatoms. The molecule has 0 saturated heterocycles. The Labute approximate surface area is 214 Å². The van der Waals surface area contributed by atoms with Crippen molar-refractivity contribution >= 4 is 23.2 Å². The topological polar surface area (TPSA) is 173 Å². The number of aliphatic hydroxyl groups excluding tert-OH is 2. The lowest BCUT2D eigenvalue weighted by Gasteiger charge is -2.50. The van der Waals surface area contributed by atoms with Gasteiger partial charge in [0.25, 0.3) is 5.91 Å². The van der Waals surface area contributed by atoms with Crippen LogP contribution >= 0.6 is 0 Å². The number of hydrogen-bond acceptors (Lipinski definition) is 9. The fourth-order valence-electron chi connectivity index (χ4n) is 6.21. The zero-order valence-electron chi connectivity index (χ0n) is 21.2. The van der Waals surface area contributed by atoms with Crippen molar-refractivity contribution in [1.82, 2.24) is 10.2 Å². The molecule has 0 aromatic heterocycles. The highest BCUT2D eigenvalue weighted by atomic mass is 16.3. The number of benzene rings is 1. The van der Waals surface area contributed by atoms with Gasteiger partial charge in [0.1, 0.15) is 22.8 Å². The van der Waals surface area contributed by atoms with Crippen LogP contribution in [-0.4, -0.2) is 75.1 Å². The second kappa shape index (κ2) is 9.44. The Morgan fingerprint density at radius 1 is 1.27 bits per heavy atom. The highest BCUT2D eigenvalue weighted by Gasteiger charge is 2.64. The molecule has 0 aliphatic heterocycles. The Hall–Kier alpha value is -3.47. The van der Waals surface area contributed by atoms with Gasteiger partial charge in [-0.3, -0.25) is 19.3 Å². The molecule has 1 amide bonds. The number of phenols is 1. The van der Waals surface area contributed by atoms with Gasteiger partial charge in [-0.2, -0.15) is 0 Å². The van der Waals surface area contributed by atoms with E-state index in [9.17, 15) is 34.8 Å². The van der Waals surface area contributed by atoms with Gasteiger partial charge < -0.3 is 31.5 Å². The van der Waals surface area contributed by atoms with Crippen LogP contribution in [0.4, 0.5) is 0 Å². The predicted molar refractivity (Wildman–Crippen MR) is 136 cm³/mol. The number of nitrogens with zero attached hydrogens (tertiary/aromatic N) is 1. The van der Waals surface area contributed by atoms with Crippen molar-refractivity contribution in [2.24, 2.45) is 17.6 Å². The second-order valence-electron chi connectivity index (χ2n) is 10.1. The minimum absolute atomic E-state index is 0.0678. The summed E-state index contributed by atoms with van der Waals surface area (Å²) < 4.78 is 0. The number of primary amides is 1. The van der Waals surface area contributed by atoms with Gasteiger partial charge in [-0.15, -0.1) is 6.58 Å². The van der Waals surface area contributed by atoms with Crippen molar-refractivity contribution in [3.05, 3.63) is 57.9 Å². The maximum absolute atomic E-state index is 13.9. The first-order chi connectivity index (χ1) is 17.4. The van der Waals surface area contributed by atoms with E-state index in [-0.39, 0.29) is 29.7 Å². The number of phenolic OH excluding ortho intramolecular Hbond substituents is 1. The first-order valence-corrected chi connectivity index (χ1v) is 12.2. The minimum Gasteiger partial charge on any atom is -0.508 e. The zero-order chi connectivity index (χ0) is 27.4. The van der Waals surface area contributed by atoms with E-state index in [0.29, 0.717) is 30.6 Å². The molecule has 3 aliphatic carbocycles. The number of carbonyl (C=O) groups is 3. The van der Waals surface area contributed by atoms with E-state index in [0.717, 1.165) is 5.56 Å². The Morgan fingerprint density at radius 3 is 2.51 bits per heavy atom. The average Bonchev–Trinajstić information content (AvgIpc) is 2.82. The van der Waals surface area contributed by atoms with Gasteiger partial charge in [-0.1, -0.05) is 19.1 Å². The number of likely N-dealkylation sites (N-methyl/N-ethyl adjacent to an activating group) is 1. The van der Waals surface area contributed by atoms with Gasteiger partial charge in [0.2, 0.25) is 5.78 Å². The number of Topliss-reactive ketones (excluding diaryl/α,β-unsaturated/α-hetero) is 2. The maximum atomic E-state index is 13.9. The number of nitrogens with one attached hydrogen (secondary N) is 1. The van der Waals surface area contributed by atoms with Crippen molar-refractivity contribution in [2.45, 2.75) is 44.4 Å². The van der Waals surface area contributed by atoms with E-state index in [1.165, 1.54) is 4.90 Å². The van der Waals surface area contributed by atoms with Crippen molar-refractivity contribution in [3.63, 3.8) is 0 Å². The Bertz CT molecular complexity index is 1280. The number of nitrogens with two attached hydrogens (primary N) is 1. The third-order valence-corrected chi connectivity index (χ3v) is 7.88. The van der Waals surface area contributed by atoms with Crippen LogP contribution in [0, 0.1) is 11.8 Å². The number of amides is 1. The quantitative estimate of drug-likeness (QED) is 0.176. The fraction of sp³-hybridized carbons (Fsp3) is 0.444. The first kappa shape index (κ1) is 26.6. The van der Waals surface area contributed by atoms with Gasteiger partial charge >= 0.3 is 0 Å². The van der Waals surface area contributed by atoms with E-state index in [4.69, 9.17) is 5.73 Å². The molecule has 0 heterocycles. The van der Waals surface area contributed by atoms with E-state index in [1.807, 2.05) is 13.0 Å². The number of aromatic hydroxyl groups is 1. The third-order valence-electron chi connectivity index (χ3n) is 7.88. The van der Waals surface area contributed by atoms with Crippen molar-refractivity contribution < 1.29 is 34.8 Å². The van der Waals surface area contributed by atoms with Gasteiger partial charge in [0, 0.05) is 30.1 Å². The molecule has 1 fully saturated rings. The minimum atomic E-state index is -2.64. The van der Waals surface area contributed by atoms with E-state index < -0.39 is 58.0 Å². The standard InChI is InChI=1S/C27H33N3O7/c1-5-7-29-11-14-8-12(6-2)15-9-13-10-16-20(30(3)4)23(33)19(26(28)36)25(35)27(16,37)24(34)17(13)22(32)18(15)21(14)31/h5,8,13,16,20,29,31-32,35,37H,1,6-7,9-11H2,2-4H3,(H2,28,36)/t13-,16-,20?,27-/m0/s1. The van der Waals surface area contributed by atoms with Crippen molar-refractivity contribution in [2.75, 3.05) is 20.6 Å². The van der Waals surface area contributed by atoms with Crippen LogP contribution in [0.25, 0.3) is 5.76 Å². The molecular weight excluding hydrogens is 478 g/mol. The van der Waals surface area contributed by atoms with Crippen molar-refractivity contribution in [3.8, 4) is 5.75 Å². The van der Waals surface area contributed by atoms with Crippen LogP contribution in [0.2, 0.25) is 0 Å². The van der Waals surface area contributed by atoms with E-state index in [2.05, 4.69) is 11.9 Å². The number of hydrogen-bond donors (Lipinski definition) is 6. The second-order valence-corrected chi connectivity index (χ2v) is 10.1. The smallest absolute Gasteiger partial charge is 0.255 e. The van der Waals surface area contributed by atoms with Gasteiger partial charge in [-0.25, -0.2) is 0 Å². The molecule has 10 nitrogen and oxygen atoms in total. The summed E-state index contributed by atoms with van der Waals surface area (Å²) in [4.78, 5) is 40.6. The van der Waals surface area contributed by atoms with Gasteiger partial charge in [0.05, 0.1) is 11.6 Å². The van der Waals surface area contributed by atoms with Crippen LogP contribution < -0.4 is 11.1 Å². The molecule has 4 rings (SSSR count). The largest absolute Gasteiger partial charge is 0.508 e. The number of rotatable bonds is 7. The lowest BCUT2D eigenvalue weighted by atomic mass is 9.57. The highest BCUT2D eigenvalue weighted by molar-refractivity contribution is 6.24. The molecule has 3 aliphatic rings. The Kier molecular flexibility index (Phi) is 6.78. The Balaban J connectivity index is 1.94. The molecule has 1 aromatic carbocycles. The normalized spacial score (nSPS) is 27.2. The summed E-state index contributed by atoms with van der Waals surface area (Å²) >= 11 is 0. The summed E-state index contributed by atoms with van der Waals surface area (Å²) in [6.45, 7) is 6.40. The summed E-state index contributed by atoms with van der Waals surface area (Å²) in [5.74, 6) is -6.47. The van der Waals surface area contributed by atoms with Crippen LogP contribution in [0.1, 0.15) is 35.6 Å². The number of aryl methyl sites for hydroxylation is 1. The highest BCUT2D eigenvalue weighted by Crippen LogP contribution is 2.53. The molecule has 4 atom stereocenters. The number of fused-ring (bicyclic) bond motifs is 3. The molecule has 0 spiro atoms. The lowest BCUT2D eigenvalue weighted by molar-refractivity contribution is -0.153. The van der Waals surface area contributed by atoms with Gasteiger partial charge in [-0.05, 0) is 50.4 Å². The summed E-state index contributed by atoms with van der Waals surface area (Å²) in [7, 11) is 3.14. The molecule has 37 heavy (non-hydrogen) atoms. The van der Waals surface area contributed by atoms with Crippen LogP contribution in [0.5, 0.6) is 5.75 Å². The van der Waals surface area contributed by atoms with Crippen LogP contribution in [0.15, 0.2) is 35.6 Å². The molecule has 198 valence electrons. The number of ketones is 2. The van der Waals surface area contributed by atoms with Gasteiger partial charge in [0.15, 0.2) is 11.4 Å². The lowest BCUT2D eigenvalue weighted by Crippen LogP contribution is -2.65. The zero-order valence-corrected chi connectivity index (χ0v) is 21.2. The monoisotopic (exact) mass is 511 g/mol. The Morgan fingerprint density at radius 2 is 1.95 bits per heavy atom. The molecule has 0 bridgehead atoms. The molecule has 0 radical (unpaired) electrons. The van der Waals surface area contributed by atoms with E-state index >= 15 is 0 Å². The summed E-state index contributed by atoms with van der Waals surface area (Å²) in [6, 6.07) is 0.763. The molecule has 1 aromatic rings. The predicted octanol–water partition coefficient (Wildman–Crippen LogP) is 0.802. The number of carbonyl (C=O) groups excluding carboxylic acids is 3.